The number of amides is 2. The Morgan fingerprint density at radius 3 is 2.31 bits per heavy atom. The monoisotopic (exact) mass is 595 g/mol. The fourth-order valence-electron chi connectivity index (χ4n) is 3.54. The third-order valence-corrected chi connectivity index (χ3v) is 7.97. The van der Waals surface area contributed by atoms with Gasteiger partial charge in [0.25, 0.3) is 0 Å². The molecule has 7 nitrogen and oxygen atoms in total. The number of nitrogens with zero attached hydrogens (tertiary/aromatic N) is 2. The maximum Gasteiger partial charge on any atom is 0.244 e. The first-order chi connectivity index (χ1) is 16.9. The summed E-state index contributed by atoms with van der Waals surface area (Å²) in [6.07, 6.45) is 2.94. The summed E-state index contributed by atoms with van der Waals surface area (Å²) in [6.45, 7) is 3.61. The van der Waals surface area contributed by atoms with Crippen LogP contribution < -0.4 is 9.62 Å². The number of nitrogens with one attached hydrogen (secondary N) is 1. The van der Waals surface area contributed by atoms with Crippen LogP contribution in [0.5, 0.6) is 0 Å². The Bertz CT molecular complexity index is 1190. The van der Waals surface area contributed by atoms with Gasteiger partial charge < -0.3 is 10.2 Å². The summed E-state index contributed by atoms with van der Waals surface area (Å²) < 4.78 is 26.3. The summed E-state index contributed by atoms with van der Waals surface area (Å²) in [5.74, 6) is -0.948. The van der Waals surface area contributed by atoms with Crippen LogP contribution in [0.1, 0.15) is 38.7 Å². The molecule has 2 amide bonds. The second-order valence-electron chi connectivity index (χ2n) is 8.17. The molecule has 0 bridgehead atoms. The van der Waals surface area contributed by atoms with Gasteiger partial charge in [0, 0.05) is 23.1 Å². The third-order valence-electron chi connectivity index (χ3n) is 5.45. The van der Waals surface area contributed by atoms with Crippen molar-refractivity contribution in [3.05, 3.63) is 62.1 Å². The van der Waals surface area contributed by atoms with Crippen LogP contribution in [0.4, 0.5) is 5.69 Å². The van der Waals surface area contributed by atoms with Crippen molar-refractivity contribution in [1.29, 1.82) is 0 Å². The number of hydrogen-bond donors (Lipinski definition) is 1. The van der Waals surface area contributed by atoms with Crippen LogP contribution in [0.15, 0.2) is 36.4 Å². The standard InChI is InChI=1S/C24H29Cl4N3O4S/c1-4-6-12-29-24(33)20(5-2)30(14-16-10-11-17(25)13-19(16)27)22(32)15-31(36(3,34)35)21-9-7-8-18(26)23(21)28/h7-11,13,20H,4-6,12,14-15H2,1-3H3,(H,29,33)/t20-/m1/s1. The number of carbonyl (C=O) groups is 2. The van der Waals surface area contributed by atoms with Crippen molar-refractivity contribution in [2.75, 3.05) is 23.7 Å². The van der Waals surface area contributed by atoms with E-state index >= 15 is 0 Å². The third kappa shape index (κ3) is 8.15. The lowest BCUT2D eigenvalue weighted by Crippen LogP contribution is -2.52. The molecule has 0 spiro atoms. The van der Waals surface area contributed by atoms with Gasteiger partial charge in [-0.05, 0) is 42.7 Å². The number of sulfonamides is 1. The minimum absolute atomic E-state index is 0.00552. The van der Waals surface area contributed by atoms with Crippen molar-refractivity contribution >= 4 is 73.9 Å². The summed E-state index contributed by atoms with van der Waals surface area (Å²) in [7, 11) is -3.94. The molecule has 2 aromatic rings. The second kappa shape index (κ2) is 13.7. The van der Waals surface area contributed by atoms with Gasteiger partial charge in [-0.1, -0.05) is 78.8 Å². The Balaban J connectivity index is 2.48. The van der Waals surface area contributed by atoms with Gasteiger partial charge in [-0.2, -0.15) is 0 Å². The van der Waals surface area contributed by atoms with Gasteiger partial charge in [0.2, 0.25) is 21.8 Å². The normalized spacial score (nSPS) is 12.2. The largest absolute Gasteiger partial charge is 0.354 e. The fraction of sp³-hybridized carbons (Fsp3) is 0.417. The number of carbonyl (C=O) groups excluding carboxylic acids is 2. The first-order valence-electron chi connectivity index (χ1n) is 11.3. The molecule has 2 aromatic carbocycles. The van der Waals surface area contributed by atoms with Crippen LogP contribution in [0, 0.1) is 0 Å². The van der Waals surface area contributed by atoms with Crippen molar-refractivity contribution in [3.63, 3.8) is 0 Å². The average Bonchev–Trinajstić information content (AvgIpc) is 2.80. The van der Waals surface area contributed by atoms with Gasteiger partial charge >= 0.3 is 0 Å². The van der Waals surface area contributed by atoms with E-state index < -0.39 is 28.5 Å². The van der Waals surface area contributed by atoms with E-state index in [0.29, 0.717) is 28.6 Å². The number of unbranched alkanes of at least 4 members (excludes halogenated alkanes) is 1. The molecular weight excluding hydrogens is 568 g/mol. The van der Waals surface area contributed by atoms with Crippen LogP contribution in [0.2, 0.25) is 20.1 Å². The second-order valence-corrected chi connectivity index (χ2v) is 11.7. The first-order valence-corrected chi connectivity index (χ1v) is 14.7. The lowest BCUT2D eigenvalue weighted by molar-refractivity contribution is -0.140. The molecule has 198 valence electrons. The molecule has 0 aliphatic rings. The van der Waals surface area contributed by atoms with E-state index in [0.717, 1.165) is 23.4 Å². The molecule has 1 atom stereocenters. The molecule has 2 rings (SSSR count). The zero-order chi connectivity index (χ0) is 27.0. The van der Waals surface area contributed by atoms with Gasteiger partial charge in [-0.3, -0.25) is 13.9 Å². The topological polar surface area (TPSA) is 86.8 Å². The van der Waals surface area contributed by atoms with Crippen molar-refractivity contribution in [2.45, 2.75) is 45.7 Å². The highest BCUT2D eigenvalue weighted by Crippen LogP contribution is 2.34. The molecule has 0 aliphatic carbocycles. The Hall–Kier alpha value is -1.71. The van der Waals surface area contributed by atoms with Crippen LogP contribution in [-0.4, -0.2) is 50.5 Å². The van der Waals surface area contributed by atoms with Gasteiger partial charge in [-0.15, -0.1) is 0 Å². The highest BCUT2D eigenvalue weighted by Gasteiger charge is 2.32. The molecule has 0 saturated heterocycles. The lowest BCUT2D eigenvalue weighted by atomic mass is 10.1. The Kier molecular flexibility index (Phi) is 11.6. The van der Waals surface area contributed by atoms with Crippen molar-refractivity contribution in [2.24, 2.45) is 0 Å². The smallest absolute Gasteiger partial charge is 0.244 e. The molecule has 0 aromatic heterocycles. The molecule has 0 fully saturated rings. The first kappa shape index (κ1) is 30.5. The van der Waals surface area contributed by atoms with Gasteiger partial charge in [0.15, 0.2) is 0 Å². The van der Waals surface area contributed by atoms with E-state index in [-0.39, 0.29) is 28.2 Å². The van der Waals surface area contributed by atoms with E-state index in [1.54, 1.807) is 19.1 Å². The zero-order valence-corrected chi connectivity index (χ0v) is 24.1. The van der Waals surface area contributed by atoms with Crippen LogP contribution >= 0.6 is 46.4 Å². The highest BCUT2D eigenvalue weighted by atomic mass is 35.5. The predicted molar refractivity (Wildman–Crippen MR) is 148 cm³/mol. The molecule has 12 heteroatoms. The predicted octanol–water partition coefficient (Wildman–Crippen LogP) is 5.79. The van der Waals surface area contributed by atoms with Crippen molar-refractivity contribution in [1.82, 2.24) is 10.2 Å². The summed E-state index contributed by atoms with van der Waals surface area (Å²) in [6, 6.07) is 8.47. The van der Waals surface area contributed by atoms with Crippen LogP contribution in [0.3, 0.4) is 0 Å². The van der Waals surface area contributed by atoms with E-state index in [1.807, 2.05) is 6.92 Å². The molecule has 0 saturated carbocycles. The maximum absolute atomic E-state index is 13.7. The van der Waals surface area contributed by atoms with Crippen LogP contribution in [-0.2, 0) is 26.2 Å². The summed E-state index contributed by atoms with van der Waals surface area (Å²) >= 11 is 24.7. The highest BCUT2D eigenvalue weighted by molar-refractivity contribution is 7.92. The molecule has 0 heterocycles. The Labute approximate surface area is 232 Å². The molecule has 0 aliphatic heterocycles. The number of anilines is 1. The average molecular weight is 597 g/mol. The summed E-state index contributed by atoms with van der Waals surface area (Å²) in [4.78, 5) is 28.1. The fourth-order valence-corrected chi connectivity index (χ4v) is 5.31. The quantitative estimate of drug-likeness (QED) is 0.314. The molecule has 0 radical (unpaired) electrons. The molecular formula is C24H29Cl4N3O4S. The van der Waals surface area contributed by atoms with Gasteiger partial charge in [-0.25, -0.2) is 8.42 Å². The molecule has 36 heavy (non-hydrogen) atoms. The number of rotatable bonds is 12. The zero-order valence-electron chi connectivity index (χ0n) is 20.2. The number of benzene rings is 2. The van der Waals surface area contributed by atoms with Gasteiger partial charge in [0.05, 0.1) is 22.0 Å². The lowest BCUT2D eigenvalue weighted by Gasteiger charge is -2.33. The molecule has 0 unspecified atom stereocenters. The number of halogens is 4. The van der Waals surface area contributed by atoms with Crippen molar-refractivity contribution < 1.29 is 18.0 Å². The summed E-state index contributed by atoms with van der Waals surface area (Å²) in [5, 5.41) is 3.73. The van der Waals surface area contributed by atoms with Crippen LogP contribution in [0.25, 0.3) is 0 Å². The maximum atomic E-state index is 13.7. The van der Waals surface area contributed by atoms with E-state index in [4.69, 9.17) is 46.4 Å². The minimum Gasteiger partial charge on any atom is -0.354 e. The molecule has 1 N–H and O–H groups in total. The SMILES string of the molecule is CCCCNC(=O)[C@@H](CC)N(Cc1ccc(Cl)cc1Cl)C(=O)CN(c1cccc(Cl)c1Cl)S(C)(=O)=O. The number of hydrogen-bond acceptors (Lipinski definition) is 4. The van der Waals surface area contributed by atoms with Crippen molar-refractivity contribution in [3.8, 4) is 0 Å². The minimum atomic E-state index is -3.94. The van der Waals surface area contributed by atoms with E-state index in [1.165, 1.54) is 29.2 Å². The summed E-state index contributed by atoms with van der Waals surface area (Å²) in [5.41, 5.74) is 0.617. The van der Waals surface area contributed by atoms with Gasteiger partial charge in [0.1, 0.15) is 12.6 Å². The Morgan fingerprint density at radius 2 is 1.72 bits per heavy atom. The van der Waals surface area contributed by atoms with E-state index in [2.05, 4.69) is 5.32 Å². The Morgan fingerprint density at radius 1 is 1.03 bits per heavy atom. The van der Waals surface area contributed by atoms with E-state index in [9.17, 15) is 18.0 Å².